The molecule has 0 saturated heterocycles. The van der Waals surface area contributed by atoms with E-state index in [-0.39, 0.29) is 12.2 Å². The minimum atomic E-state index is -0.834. The van der Waals surface area contributed by atoms with E-state index in [1.165, 1.54) is 6.07 Å². The van der Waals surface area contributed by atoms with Gasteiger partial charge in [-0.2, -0.15) is 0 Å². The fourth-order valence-corrected chi connectivity index (χ4v) is 2.05. The molecule has 0 saturated carbocycles. The molecule has 102 valence electrons. The largest absolute Gasteiger partial charge is 0.485 e. The predicted octanol–water partition coefficient (Wildman–Crippen LogP) is 0.667. The molecule has 6 heteroatoms. The molecule has 1 unspecified atom stereocenters. The Kier molecular flexibility index (Phi) is 2.90. The van der Waals surface area contributed by atoms with Gasteiger partial charge in [-0.15, -0.1) is 0 Å². The first-order valence-corrected chi connectivity index (χ1v) is 6.06. The van der Waals surface area contributed by atoms with Crippen molar-refractivity contribution in [3.05, 3.63) is 46.8 Å². The number of primary amides is 1. The van der Waals surface area contributed by atoms with Crippen molar-refractivity contribution in [3.63, 3.8) is 0 Å². The first kappa shape index (κ1) is 12.3. The first-order valence-electron chi connectivity index (χ1n) is 6.06. The molecule has 1 aromatic carbocycles. The van der Waals surface area contributed by atoms with Crippen molar-refractivity contribution in [2.75, 3.05) is 6.61 Å². The zero-order chi connectivity index (χ0) is 14.1. The summed E-state index contributed by atoms with van der Waals surface area (Å²) in [5.74, 6) is 0.334. The number of H-pyrrole nitrogens is 1. The van der Waals surface area contributed by atoms with Crippen LogP contribution >= 0.6 is 0 Å². The van der Waals surface area contributed by atoms with Gasteiger partial charge in [-0.1, -0.05) is 12.1 Å². The Morgan fingerprint density at radius 1 is 1.25 bits per heavy atom. The monoisotopic (exact) mass is 272 g/mol. The number of nitrogens with one attached hydrogen (secondary N) is 1. The van der Waals surface area contributed by atoms with Gasteiger partial charge in [0, 0.05) is 11.6 Å². The lowest BCUT2D eigenvalue weighted by Gasteiger charge is -2.26. The maximum atomic E-state index is 11.4. The molecule has 3 rings (SSSR count). The number of pyridine rings is 1. The highest BCUT2D eigenvalue weighted by molar-refractivity contribution is 5.81. The molecule has 2 heterocycles. The van der Waals surface area contributed by atoms with Crippen LogP contribution in [0.5, 0.6) is 11.5 Å². The molecule has 0 fully saturated rings. The topological polar surface area (TPSA) is 94.4 Å². The van der Waals surface area contributed by atoms with Gasteiger partial charge in [0.2, 0.25) is 11.7 Å². The first-order chi connectivity index (χ1) is 9.65. The Balaban J connectivity index is 2.10. The van der Waals surface area contributed by atoms with Crippen LogP contribution in [0.4, 0.5) is 0 Å². The Morgan fingerprint density at radius 3 is 2.80 bits per heavy atom. The second-order valence-corrected chi connectivity index (χ2v) is 4.38. The van der Waals surface area contributed by atoms with Crippen LogP contribution in [0.3, 0.4) is 0 Å². The lowest BCUT2D eigenvalue weighted by Crippen LogP contribution is -2.41. The van der Waals surface area contributed by atoms with Crippen molar-refractivity contribution in [1.29, 1.82) is 0 Å². The van der Waals surface area contributed by atoms with Crippen LogP contribution in [0.25, 0.3) is 11.3 Å². The number of para-hydroxylation sites is 1. The summed E-state index contributed by atoms with van der Waals surface area (Å²) in [7, 11) is 0. The smallest absolute Gasteiger partial charge is 0.262 e. The summed E-state index contributed by atoms with van der Waals surface area (Å²) in [5.41, 5.74) is 6.25. The number of nitrogens with two attached hydrogens (primary N) is 1. The van der Waals surface area contributed by atoms with Crippen LogP contribution in [0.2, 0.25) is 0 Å². The van der Waals surface area contributed by atoms with E-state index in [1.807, 2.05) is 0 Å². The van der Waals surface area contributed by atoms with E-state index in [9.17, 15) is 9.59 Å². The Hall–Kier alpha value is -2.76. The summed E-state index contributed by atoms with van der Waals surface area (Å²) in [6.07, 6.45) is -0.834. The summed E-state index contributed by atoms with van der Waals surface area (Å²) in [6.45, 7) is 0.0805. The lowest BCUT2D eigenvalue weighted by molar-refractivity contribution is -0.126. The number of amides is 1. The summed E-state index contributed by atoms with van der Waals surface area (Å²) >= 11 is 0. The molecule has 1 atom stereocenters. The predicted molar refractivity (Wildman–Crippen MR) is 71.6 cm³/mol. The number of fused-ring (bicyclic) bond motifs is 1. The summed E-state index contributed by atoms with van der Waals surface area (Å²) in [4.78, 5) is 25.3. The van der Waals surface area contributed by atoms with E-state index in [4.69, 9.17) is 15.2 Å². The molecule has 0 radical (unpaired) electrons. The maximum Gasteiger partial charge on any atom is 0.262 e. The summed E-state index contributed by atoms with van der Waals surface area (Å²) in [6, 6.07) is 10.1. The fraction of sp³-hybridized carbons (Fsp3) is 0.143. The average molecular weight is 272 g/mol. The standard InChI is InChI=1S/C14H12N2O4/c15-14(18)11-7-19-10-5-1-3-8(13(10)20-11)9-4-2-6-12(17)16-9/h1-6,11H,7H2,(H2,15,18)(H,16,17). The highest BCUT2D eigenvalue weighted by Gasteiger charge is 2.27. The molecule has 1 amide bonds. The van der Waals surface area contributed by atoms with Crippen LogP contribution in [0.15, 0.2) is 41.2 Å². The van der Waals surface area contributed by atoms with E-state index in [0.717, 1.165) is 0 Å². The van der Waals surface area contributed by atoms with Crippen molar-refractivity contribution in [2.45, 2.75) is 6.10 Å². The molecule has 6 nitrogen and oxygen atoms in total. The zero-order valence-corrected chi connectivity index (χ0v) is 10.5. The molecule has 20 heavy (non-hydrogen) atoms. The number of aromatic nitrogens is 1. The Bertz CT molecular complexity index is 723. The number of aromatic amines is 1. The Morgan fingerprint density at radius 2 is 2.05 bits per heavy atom. The minimum absolute atomic E-state index is 0.0805. The lowest BCUT2D eigenvalue weighted by atomic mass is 10.1. The quantitative estimate of drug-likeness (QED) is 0.840. The minimum Gasteiger partial charge on any atom is -0.485 e. The van der Waals surface area contributed by atoms with Gasteiger partial charge in [0.1, 0.15) is 6.61 Å². The zero-order valence-electron chi connectivity index (χ0n) is 10.5. The SMILES string of the molecule is NC(=O)C1COc2cccc(-c3cccc(=O)[nH]3)c2O1. The Labute approximate surface area is 114 Å². The van der Waals surface area contributed by atoms with Crippen molar-refractivity contribution < 1.29 is 14.3 Å². The van der Waals surface area contributed by atoms with Gasteiger partial charge in [0.15, 0.2) is 11.5 Å². The van der Waals surface area contributed by atoms with Crippen molar-refractivity contribution >= 4 is 5.91 Å². The normalized spacial score (nSPS) is 16.7. The third kappa shape index (κ3) is 2.11. The van der Waals surface area contributed by atoms with Gasteiger partial charge >= 0.3 is 0 Å². The molecule has 1 aromatic heterocycles. The summed E-state index contributed by atoms with van der Waals surface area (Å²) < 4.78 is 11.1. The highest BCUT2D eigenvalue weighted by atomic mass is 16.6. The third-order valence-corrected chi connectivity index (χ3v) is 3.01. The molecule has 3 N–H and O–H groups in total. The summed E-state index contributed by atoms with van der Waals surface area (Å²) in [5, 5.41) is 0. The van der Waals surface area contributed by atoms with Crippen LogP contribution in [0.1, 0.15) is 0 Å². The molecule has 0 aliphatic carbocycles. The molecule has 1 aliphatic rings. The average Bonchev–Trinajstić information content (AvgIpc) is 2.46. The molecule has 1 aliphatic heterocycles. The molecular formula is C14H12N2O4. The fourth-order valence-electron chi connectivity index (χ4n) is 2.05. The number of hydrogen-bond donors (Lipinski definition) is 2. The molecule has 0 spiro atoms. The van der Waals surface area contributed by atoms with E-state index in [1.54, 1.807) is 30.3 Å². The molecule has 2 aromatic rings. The number of benzene rings is 1. The van der Waals surface area contributed by atoms with Crippen molar-refractivity contribution in [2.24, 2.45) is 5.73 Å². The number of ether oxygens (including phenoxy) is 2. The van der Waals surface area contributed by atoms with Gasteiger partial charge in [0.05, 0.1) is 5.69 Å². The van der Waals surface area contributed by atoms with Gasteiger partial charge in [-0.25, -0.2) is 0 Å². The second kappa shape index (κ2) is 4.73. The third-order valence-electron chi connectivity index (χ3n) is 3.01. The van der Waals surface area contributed by atoms with Gasteiger partial charge in [0.25, 0.3) is 5.91 Å². The van der Waals surface area contributed by atoms with Crippen LogP contribution in [-0.4, -0.2) is 23.6 Å². The number of rotatable bonds is 2. The maximum absolute atomic E-state index is 11.4. The number of hydrogen-bond acceptors (Lipinski definition) is 4. The van der Waals surface area contributed by atoms with Crippen LogP contribution < -0.4 is 20.8 Å². The van der Waals surface area contributed by atoms with E-state index in [0.29, 0.717) is 22.8 Å². The van der Waals surface area contributed by atoms with Crippen molar-refractivity contribution in [3.8, 4) is 22.8 Å². The van der Waals surface area contributed by atoms with Gasteiger partial charge in [-0.05, 0) is 18.2 Å². The van der Waals surface area contributed by atoms with E-state index < -0.39 is 12.0 Å². The van der Waals surface area contributed by atoms with Gasteiger partial charge in [-0.3, -0.25) is 9.59 Å². The van der Waals surface area contributed by atoms with E-state index in [2.05, 4.69) is 4.98 Å². The van der Waals surface area contributed by atoms with Crippen LogP contribution in [-0.2, 0) is 4.79 Å². The molecular weight excluding hydrogens is 260 g/mol. The molecule has 0 bridgehead atoms. The van der Waals surface area contributed by atoms with E-state index >= 15 is 0 Å². The highest BCUT2D eigenvalue weighted by Crippen LogP contribution is 2.39. The second-order valence-electron chi connectivity index (χ2n) is 4.38. The van der Waals surface area contributed by atoms with Crippen LogP contribution in [0, 0.1) is 0 Å². The van der Waals surface area contributed by atoms with Gasteiger partial charge < -0.3 is 20.2 Å². The number of carbonyl (C=O) groups is 1. The number of carbonyl (C=O) groups excluding carboxylic acids is 1. The van der Waals surface area contributed by atoms with Crippen molar-refractivity contribution in [1.82, 2.24) is 4.98 Å².